The fraction of sp³-hybridized carbons (Fsp3) is 0.562. The molecule has 4 atom stereocenters. The molecule has 2 heterocycles. The quantitative estimate of drug-likeness (QED) is 0.794. The number of aryl methyl sites for hydroxylation is 1. The maximum Gasteiger partial charge on any atom is 0.106 e. The molecule has 1 spiro atoms. The first-order valence-corrected chi connectivity index (χ1v) is 7.34. The molecule has 3 nitrogen and oxygen atoms in total. The minimum atomic E-state index is 0.540. The molecule has 3 aliphatic rings. The van der Waals surface area contributed by atoms with Crippen LogP contribution in [0.25, 0.3) is 11.0 Å². The van der Waals surface area contributed by atoms with E-state index in [9.17, 15) is 0 Å². The lowest BCUT2D eigenvalue weighted by atomic mass is 9.86. The molecule has 2 aliphatic carbocycles. The zero-order valence-corrected chi connectivity index (χ0v) is 11.5. The summed E-state index contributed by atoms with van der Waals surface area (Å²) in [5.74, 6) is 1.17. The van der Waals surface area contributed by atoms with Gasteiger partial charge in [0.05, 0.1) is 11.0 Å². The molecule has 3 fully saturated rings. The number of benzene rings is 1. The maximum absolute atomic E-state index is 4.73. The highest BCUT2D eigenvalue weighted by Gasteiger charge is 2.79. The van der Waals surface area contributed by atoms with Crippen molar-refractivity contribution in [2.75, 3.05) is 0 Å². The number of para-hydroxylation sites is 2. The summed E-state index contributed by atoms with van der Waals surface area (Å²) in [6.45, 7) is 4.61. The molecule has 0 radical (unpaired) electrons. The Hall–Kier alpha value is -1.35. The smallest absolute Gasteiger partial charge is 0.106 e. The summed E-state index contributed by atoms with van der Waals surface area (Å²) < 4.78 is 2.49. The number of hydrogen-bond acceptors (Lipinski definition) is 2. The van der Waals surface area contributed by atoms with Crippen molar-refractivity contribution in [3.63, 3.8) is 0 Å². The van der Waals surface area contributed by atoms with E-state index in [0.717, 1.165) is 11.6 Å². The minimum Gasteiger partial charge on any atom is -0.325 e. The molecule has 1 saturated heterocycles. The molecule has 1 aromatic heterocycles. The Morgan fingerprint density at radius 2 is 2.21 bits per heavy atom. The van der Waals surface area contributed by atoms with Crippen molar-refractivity contribution >= 4 is 11.0 Å². The van der Waals surface area contributed by atoms with Crippen molar-refractivity contribution < 1.29 is 0 Å². The topological polar surface area (TPSA) is 39.8 Å². The van der Waals surface area contributed by atoms with Gasteiger partial charge in [0.1, 0.15) is 5.82 Å². The van der Waals surface area contributed by atoms with Crippen LogP contribution in [0.5, 0.6) is 0 Å². The molecule has 1 N–H and O–H groups in total. The van der Waals surface area contributed by atoms with E-state index in [4.69, 9.17) is 4.98 Å². The van der Waals surface area contributed by atoms with Crippen LogP contribution in [0.15, 0.2) is 24.3 Å². The van der Waals surface area contributed by atoms with Crippen molar-refractivity contribution in [2.24, 2.45) is 5.41 Å². The van der Waals surface area contributed by atoms with Crippen molar-refractivity contribution in [2.45, 2.75) is 50.7 Å². The summed E-state index contributed by atoms with van der Waals surface area (Å²) in [6.07, 6.45) is 3.96. The number of rotatable bonds is 1. The zero-order chi connectivity index (χ0) is 12.8. The van der Waals surface area contributed by atoms with Gasteiger partial charge >= 0.3 is 0 Å². The molecule has 3 heteroatoms. The maximum atomic E-state index is 4.73. The van der Waals surface area contributed by atoms with E-state index in [0.29, 0.717) is 17.0 Å². The van der Waals surface area contributed by atoms with E-state index in [1.165, 1.54) is 30.6 Å². The molecule has 2 saturated carbocycles. The Bertz CT molecular complexity index is 703. The Morgan fingerprint density at radius 3 is 3.05 bits per heavy atom. The summed E-state index contributed by atoms with van der Waals surface area (Å²) >= 11 is 0. The molecule has 5 rings (SSSR count). The summed E-state index contributed by atoms with van der Waals surface area (Å²) in [6, 6.07) is 9.92. The van der Waals surface area contributed by atoms with Crippen LogP contribution in [0.4, 0.5) is 0 Å². The van der Waals surface area contributed by atoms with Gasteiger partial charge in [-0.25, -0.2) is 4.98 Å². The molecular formula is C16H19N3. The number of nitrogens with zero attached hydrogens (tertiary/aromatic N) is 2. The largest absolute Gasteiger partial charge is 0.325 e. The molecular weight excluding hydrogens is 234 g/mol. The molecule has 1 aromatic carbocycles. The van der Waals surface area contributed by atoms with Crippen molar-refractivity contribution in [1.82, 2.24) is 14.9 Å². The molecule has 1 aliphatic heterocycles. The average Bonchev–Trinajstić information content (AvgIpc) is 3.15. The fourth-order valence-corrected chi connectivity index (χ4v) is 4.82. The Balaban J connectivity index is 1.63. The van der Waals surface area contributed by atoms with Gasteiger partial charge in [-0.1, -0.05) is 19.1 Å². The van der Waals surface area contributed by atoms with Crippen molar-refractivity contribution in [3.8, 4) is 0 Å². The van der Waals surface area contributed by atoms with Gasteiger partial charge in [0.25, 0.3) is 0 Å². The summed E-state index contributed by atoms with van der Waals surface area (Å²) in [5.41, 5.74) is 3.54. The molecule has 19 heavy (non-hydrogen) atoms. The second kappa shape index (κ2) is 2.88. The van der Waals surface area contributed by atoms with Gasteiger partial charge in [-0.3, -0.25) is 0 Å². The van der Waals surface area contributed by atoms with Crippen LogP contribution in [0, 0.1) is 12.3 Å². The Kier molecular flexibility index (Phi) is 1.58. The van der Waals surface area contributed by atoms with Gasteiger partial charge in [0.2, 0.25) is 0 Å². The zero-order valence-electron chi connectivity index (χ0n) is 11.5. The second-order valence-electron chi connectivity index (χ2n) is 7.02. The van der Waals surface area contributed by atoms with Gasteiger partial charge in [0.15, 0.2) is 0 Å². The van der Waals surface area contributed by atoms with E-state index >= 15 is 0 Å². The standard InChI is InChI=1S/C16H19N3/c1-10-17-12-5-3-4-6-13(12)19(10)11-7-14-16(18-14)9-15(16,2)8-11/h3-6,11,14,18H,7-9H2,1-2H3/t11-,14?,15?,16?/m0/s1. The van der Waals surface area contributed by atoms with Gasteiger partial charge in [0, 0.05) is 17.6 Å². The summed E-state index contributed by atoms with van der Waals surface area (Å²) in [4.78, 5) is 4.73. The highest BCUT2D eigenvalue weighted by atomic mass is 15.3. The van der Waals surface area contributed by atoms with Gasteiger partial charge in [-0.2, -0.15) is 0 Å². The first-order valence-electron chi connectivity index (χ1n) is 7.34. The second-order valence-corrected chi connectivity index (χ2v) is 7.02. The molecule has 3 unspecified atom stereocenters. The number of fused-ring (bicyclic) bond motifs is 1. The van der Waals surface area contributed by atoms with Crippen molar-refractivity contribution in [3.05, 3.63) is 30.1 Å². The normalized spacial score (nSPS) is 42.8. The lowest BCUT2D eigenvalue weighted by molar-refractivity contribution is 0.308. The summed E-state index contributed by atoms with van der Waals surface area (Å²) in [5, 5.41) is 3.75. The average molecular weight is 253 g/mol. The lowest BCUT2D eigenvalue weighted by Gasteiger charge is -2.27. The first kappa shape index (κ1) is 10.4. The molecule has 98 valence electrons. The van der Waals surface area contributed by atoms with E-state index in [2.05, 4.69) is 48.0 Å². The summed E-state index contributed by atoms with van der Waals surface area (Å²) in [7, 11) is 0. The number of nitrogens with one attached hydrogen (secondary N) is 1. The SMILES string of the molecule is Cc1nc2ccccc2n1[C@H]1CC2NC23CC3(C)C1. The van der Waals surface area contributed by atoms with Gasteiger partial charge < -0.3 is 9.88 Å². The third-order valence-corrected chi connectivity index (χ3v) is 5.90. The predicted molar refractivity (Wildman–Crippen MR) is 75.1 cm³/mol. The first-order chi connectivity index (χ1) is 9.13. The van der Waals surface area contributed by atoms with Crippen LogP contribution in [-0.2, 0) is 0 Å². The monoisotopic (exact) mass is 253 g/mol. The van der Waals surface area contributed by atoms with Gasteiger partial charge in [-0.15, -0.1) is 0 Å². The Labute approximate surface area is 113 Å². The van der Waals surface area contributed by atoms with Crippen LogP contribution < -0.4 is 5.32 Å². The number of aromatic nitrogens is 2. The molecule has 0 amide bonds. The van der Waals surface area contributed by atoms with Gasteiger partial charge in [-0.05, 0) is 43.7 Å². The third kappa shape index (κ3) is 1.11. The van der Waals surface area contributed by atoms with E-state index in [1.807, 2.05) is 0 Å². The molecule has 2 aromatic rings. The third-order valence-electron chi connectivity index (χ3n) is 5.90. The van der Waals surface area contributed by atoms with Crippen LogP contribution >= 0.6 is 0 Å². The van der Waals surface area contributed by atoms with E-state index in [-0.39, 0.29) is 0 Å². The number of hydrogen-bond donors (Lipinski definition) is 1. The Morgan fingerprint density at radius 1 is 1.37 bits per heavy atom. The van der Waals surface area contributed by atoms with Crippen LogP contribution in [0.1, 0.15) is 38.1 Å². The van der Waals surface area contributed by atoms with Crippen LogP contribution in [-0.4, -0.2) is 21.1 Å². The molecule has 0 bridgehead atoms. The van der Waals surface area contributed by atoms with Crippen LogP contribution in [0.3, 0.4) is 0 Å². The minimum absolute atomic E-state index is 0.540. The highest BCUT2D eigenvalue weighted by molar-refractivity contribution is 5.76. The van der Waals surface area contributed by atoms with Crippen molar-refractivity contribution in [1.29, 1.82) is 0 Å². The van der Waals surface area contributed by atoms with E-state index in [1.54, 1.807) is 0 Å². The van der Waals surface area contributed by atoms with Crippen LogP contribution in [0.2, 0.25) is 0 Å². The number of imidazole rings is 1. The fourth-order valence-electron chi connectivity index (χ4n) is 4.82. The van der Waals surface area contributed by atoms with E-state index < -0.39 is 0 Å². The predicted octanol–water partition coefficient (Wildman–Crippen LogP) is 2.80. The highest BCUT2D eigenvalue weighted by Crippen LogP contribution is 2.73. The lowest BCUT2D eigenvalue weighted by Crippen LogP contribution is -2.24.